The first kappa shape index (κ1) is 10.3. The first-order valence-electron chi connectivity index (χ1n) is 3.80. The monoisotopic (exact) mass is 204 g/mol. The highest BCUT2D eigenvalue weighted by atomic mass is 32.2. The van der Waals surface area contributed by atoms with Crippen molar-refractivity contribution in [3.63, 3.8) is 0 Å². The molecular formula is C7H12N2O3S. The molecule has 0 aromatic heterocycles. The predicted molar refractivity (Wildman–Crippen MR) is 50.6 cm³/mol. The van der Waals surface area contributed by atoms with Crippen LogP contribution in [0.15, 0.2) is 5.16 Å². The van der Waals surface area contributed by atoms with Crippen molar-refractivity contribution >= 4 is 22.9 Å². The lowest BCUT2D eigenvalue weighted by atomic mass is 10.2. The summed E-state index contributed by atoms with van der Waals surface area (Å²) in [6, 6.07) is 0. The van der Waals surface area contributed by atoms with Crippen LogP contribution in [-0.2, 0) is 9.57 Å². The second-order valence-electron chi connectivity index (χ2n) is 2.94. The molecule has 74 valence electrons. The van der Waals surface area contributed by atoms with Crippen LogP contribution in [0.4, 0.5) is 4.79 Å². The van der Waals surface area contributed by atoms with Crippen LogP contribution in [-0.4, -0.2) is 29.7 Å². The number of nitrogens with one attached hydrogen (secondary N) is 1. The van der Waals surface area contributed by atoms with Crippen molar-refractivity contribution in [3.05, 3.63) is 0 Å². The van der Waals surface area contributed by atoms with Crippen LogP contribution in [0.5, 0.6) is 0 Å². The third-order valence-electron chi connectivity index (χ3n) is 1.55. The second-order valence-corrected chi connectivity index (χ2v) is 3.85. The number of hydrogen-bond acceptors (Lipinski definition) is 5. The summed E-state index contributed by atoms with van der Waals surface area (Å²) >= 11 is 1.42. The highest BCUT2D eigenvalue weighted by Gasteiger charge is 2.33. The zero-order chi connectivity index (χ0) is 9.90. The molecule has 0 atom stereocenters. The van der Waals surface area contributed by atoms with Gasteiger partial charge in [0.2, 0.25) is 0 Å². The Kier molecular flexibility index (Phi) is 3.16. The van der Waals surface area contributed by atoms with E-state index < -0.39 is 11.7 Å². The van der Waals surface area contributed by atoms with E-state index in [-0.39, 0.29) is 0 Å². The Balaban J connectivity index is 2.56. The molecule has 1 rings (SSSR count). The largest absolute Gasteiger partial charge is 0.433 e. The number of hydrogen-bond donors (Lipinski definition) is 1. The molecule has 1 N–H and O–H groups in total. The van der Waals surface area contributed by atoms with Gasteiger partial charge in [-0.25, -0.2) is 4.79 Å². The minimum Gasteiger partial charge on any atom is -0.358 e. The number of amides is 1. The number of rotatable bonds is 1. The van der Waals surface area contributed by atoms with E-state index in [4.69, 9.17) is 4.74 Å². The van der Waals surface area contributed by atoms with Gasteiger partial charge in [0.15, 0.2) is 0 Å². The average molecular weight is 204 g/mol. The average Bonchev–Trinajstić information content (AvgIpc) is 2.41. The quantitative estimate of drug-likeness (QED) is 0.514. The van der Waals surface area contributed by atoms with E-state index in [1.54, 1.807) is 0 Å². The van der Waals surface area contributed by atoms with Crippen molar-refractivity contribution < 1.29 is 14.4 Å². The van der Waals surface area contributed by atoms with Crippen LogP contribution in [0, 0.1) is 0 Å². The molecule has 1 saturated heterocycles. The lowest BCUT2D eigenvalue weighted by Crippen LogP contribution is -2.27. The van der Waals surface area contributed by atoms with Gasteiger partial charge in [0.25, 0.3) is 0 Å². The molecule has 1 amide bonds. The molecule has 0 spiro atoms. The van der Waals surface area contributed by atoms with E-state index >= 15 is 0 Å². The summed E-state index contributed by atoms with van der Waals surface area (Å²) in [5, 5.41) is 6.66. The van der Waals surface area contributed by atoms with Gasteiger partial charge in [-0.1, -0.05) is 16.9 Å². The molecule has 0 aliphatic carbocycles. The Labute approximate surface area is 80.8 Å². The van der Waals surface area contributed by atoms with E-state index in [1.807, 2.05) is 13.8 Å². The highest BCUT2D eigenvalue weighted by Crippen LogP contribution is 2.29. The summed E-state index contributed by atoms with van der Waals surface area (Å²) in [5.41, 5.74) is -0.446. The van der Waals surface area contributed by atoms with Gasteiger partial charge in [0, 0.05) is 7.05 Å². The SMILES string of the molecule is CNC(=O)O/N=C1/SCOC1(C)C. The normalized spacial score (nSPS) is 23.2. The van der Waals surface area contributed by atoms with Crippen LogP contribution in [0.1, 0.15) is 13.8 Å². The number of carbonyl (C=O) groups is 1. The third-order valence-corrected chi connectivity index (χ3v) is 2.62. The van der Waals surface area contributed by atoms with Crippen LogP contribution in [0.25, 0.3) is 0 Å². The van der Waals surface area contributed by atoms with Crippen LogP contribution in [0.2, 0.25) is 0 Å². The number of nitrogens with zero attached hydrogens (tertiary/aromatic N) is 1. The van der Waals surface area contributed by atoms with E-state index in [9.17, 15) is 4.79 Å². The van der Waals surface area contributed by atoms with E-state index in [2.05, 4.69) is 15.3 Å². The molecule has 0 saturated carbocycles. The van der Waals surface area contributed by atoms with E-state index in [0.717, 1.165) is 0 Å². The van der Waals surface area contributed by atoms with Crippen molar-refractivity contribution in [2.75, 3.05) is 13.0 Å². The lowest BCUT2D eigenvalue weighted by molar-refractivity contribution is 0.0785. The summed E-state index contributed by atoms with van der Waals surface area (Å²) in [7, 11) is 1.48. The van der Waals surface area contributed by atoms with E-state index in [1.165, 1.54) is 18.8 Å². The standard InChI is InChI=1S/C7H12N2O3S/c1-7(2)5(13-4-11-7)9-12-6(10)8-3/h4H2,1-3H3,(H,8,10)/b9-5+. The molecule has 0 unspecified atom stereocenters. The molecule has 1 aliphatic heterocycles. The van der Waals surface area contributed by atoms with Crippen molar-refractivity contribution in [2.24, 2.45) is 5.16 Å². The molecule has 0 radical (unpaired) electrons. The molecular weight excluding hydrogens is 192 g/mol. The van der Waals surface area contributed by atoms with Gasteiger partial charge in [0.1, 0.15) is 10.6 Å². The summed E-state index contributed by atoms with van der Waals surface area (Å²) in [4.78, 5) is 15.2. The minimum atomic E-state index is -0.573. The number of carbonyl (C=O) groups excluding carboxylic acids is 1. The summed E-state index contributed by atoms with van der Waals surface area (Å²) in [5.74, 6) is 0.545. The van der Waals surface area contributed by atoms with Gasteiger partial charge in [-0.3, -0.25) is 4.84 Å². The van der Waals surface area contributed by atoms with Gasteiger partial charge >= 0.3 is 6.09 Å². The summed E-state index contributed by atoms with van der Waals surface area (Å²) in [6.07, 6.45) is -0.573. The molecule has 5 nitrogen and oxygen atoms in total. The lowest BCUT2D eigenvalue weighted by Gasteiger charge is -2.14. The Morgan fingerprint density at radius 3 is 2.92 bits per heavy atom. The van der Waals surface area contributed by atoms with Crippen molar-refractivity contribution in [1.82, 2.24) is 5.32 Å². The highest BCUT2D eigenvalue weighted by molar-refractivity contribution is 8.14. The van der Waals surface area contributed by atoms with Crippen molar-refractivity contribution in [2.45, 2.75) is 19.4 Å². The summed E-state index contributed by atoms with van der Waals surface area (Å²) in [6.45, 7) is 3.75. The van der Waals surface area contributed by atoms with Crippen molar-refractivity contribution in [3.8, 4) is 0 Å². The maximum Gasteiger partial charge on any atom is 0.433 e. The maximum absolute atomic E-state index is 10.7. The van der Waals surface area contributed by atoms with Gasteiger partial charge in [-0.2, -0.15) is 0 Å². The Bertz CT molecular complexity index is 240. The number of ether oxygens (including phenoxy) is 1. The molecule has 6 heteroatoms. The first-order chi connectivity index (χ1) is 6.06. The molecule has 13 heavy (non-hydrogen) atoms. The Morgan fingerprint density at radius 2 is 2.46 bits per heavy atom. The fraction of sp³-hybridized carbons (Fsp3) is 0.714. The molecule has 1 aliphatic rings. The first-order valence-corrected chi connectivity index (χ1v) is 4.79. The fourth-order valence-electron chi connectivity index (χ4n) is 0.733. The van der Waals surface area contributed by atoms with Crippen molar-refractivity contribution in [1.29, 1.82) is 0 Å². The summed E-state index contributed by atoms with van der Waals surface area (Å²) < 4.78 is 5.34. The smallest absolute Gasteiger partial charge is 0.358 e. The zero-order valence-corrected chi connectivity index (χ0v) is 8.60. The van der Waals surface area contributed by atoms with Crippen LogP contribution >= 0.6 is 11.8 Å². The number of oxime groups is 1. The van der Waals surface area contributed by atoms with Gasteiger partial charge in [-0.15, -0.1) is 0 Å². The predicted octanol–water partition coefficient (Wildman–Crippen LogP) is 1.16. The molecule has 1 fully saturated rings. The Hall–Kier alpha value is -0.750. The van der Waals surface area contributed by atoms with E-state index in [0.29, 0.717) is 11.0 Å². The zero-order valence-electron chi connectivity index (χ0n) is 7.79. The molecule has 0 aromatic rings. The van der Waals surface area contributed by atoms with Crippen LogP contribution in [0.3, 0.4) is 0 Å². The Morgan fingerprint density at radius 1 is 1.77 bits per heavy atom. The molecule has 0 aromatic carbocycles. The molecule has 0 bridgehead atoms. The third kappa shape index (κ3) is 2.60. The topological polar surface area (TPSA) is 59.9 Å². The second kappa shape index (κ2) is 3.97. The van der Waals surface area contributed by atoms with Gasteiger partial charge in [0.05, 0.1) is 5.94 Å². The fourth-order valence-corrected chi connectivity index (χ4v) is 1.69. The van der Waals surface area contributed by atoms with Crippen LogP contribution < -0.4 is 5.32 Å². The van der Waals surface area contributed by atoms with Gasteiger partial charge in [-0.05, 0) is 13.8 Å². The minimum absolute atomic E-state index is 0.446. The number of thioether (sulfide) groups is 1. The van der Waals surface area contributed by atoms with Gasteiger partial charge < -0.3 is 10.1 Å². The maximum atomic E-state index is 10.7. The molecule has 1 heterocycles.